The Morgan fingerprint density at radius 1 is 0.436 bits per heavy atom. The predicted molar refractivity (Wildman–Crippen MR) is 175 cm³/mol. The molecule has 0 saturated carbocycles. The average molecular weight is 546 g/mol. The van der Waals surface area contributed by atoms with Crippen molar-refractivity contribution in [1.82, 2.24) is 4.57 Å². The first-order chi connectivity index (χ1) is 19.3. The van der Waals surface area contributed by atoms with Crippen LogP contribution < -0.4 is 4.57 Å². The van der Waals surface area contributed by atoms with Crippen molar-refractivity contribution >= 4 is 0 Å². The summed E-state index contributed by atoms with van der Waals surface area (Å²) in [4.78, 5) is 0. The lowest BCUT2D eigenvalue weighted by Gasteiger charge is -2.06. The van der Waals surface area contributed by atoms with Gasteiger partial charge in [0, 0.05) is 6.42 Å². The van der Waals surface area contributed by atoms with Crippen molar-refractivity contribution in [3.8, 4) is 0 Å². The zero-order valence-corrected chi connectivity index (χ0v) is 27.5. The molecule has 0 N–H and O–H groups in total. The Bertz CT molecular complexity index is 605. The summed E-state index contributed by atoms with van der Waals surface area (Å²) in [5.41, 5.74) is 0. The largest absolute Gasteiger partial charge is 0.256 e. The molecule has 0 spiro atoms. The van der Waals surface area contributed by atoms with E-state index in [0.717, 1.165) is 0 Å². The van der Waals surface area contributed by atoms with Crippen LogP contribution in [0.2, 0.25) is 0 Å². The molecule has 230 valence electrons. The van der Waals surface area contributed by atoms with Gasteiger partial charge in [-0.05, 0) is 25.7 Å². The highest BCUT2D eigenvalue weighted by Gasteiger charge is 2.15. The summed E-state index contributed by atoms with van der Waals surface area (Å²) in [6.07, 6.45) is 46.1. The van der Waals surface area contributed by atoms with Gasteiger partial charge in [-0.25, -0.2) is 9.13 Å². The monoisotopic (exact) mass is 546 g/mol. The van der Waals surface area contributed by atoms with E-state index >= 15 is 0 Å². The Hall–Kier alpha value is -0.790. The first-order valence-corrected chi connectivity index (χ1v) is 18.4. The molecular weight excluding hydrogens is 472 g/mol. The molecule has 0 amide bonds. The highest BCUT2D eigenvalue weighted by atomic mass is 15.1. The second kappa shape index (κ2) is 28.7. The molecule has 0 aromatic carbocycles. The maximum atomic E-state index is 2.59. The third-order valence-corrected chi connectivity index (χ3v) is 8.81. The molecule has 0 fully saturated rings. The van der Waals surface area contributed by atoms with E-state index in [0.29, 0.717) is 0 Å². The van der Waals surface area contributed by atoms with Gasteiger partial charge >= 0.3 is 0 Å². The normalized spacial score (nSPS) is 11.6. The smallest absolute Gasteiger partial charge is 0.234 e. The predicted octanol–water partition coefficient (Wildman–Crippen LogP) is 12.3. The Morgan fingerprint density at radius 3 is 1.18 bits per heavy atom. The summed E-state index contributed by atoms with van der Waals surface area (Å²) in [6.45, 7) is 9.33. The fourth-order valence-corrected chi connectivity index (χ4v) is 6.21. The van der Waals surface area contributed by atoms with Gasteiger partial charge < -0.3 is 0 Å². The first kappa shape index (κ1) is 36.2. The molecule has 2 nitrogen and oxygen atoms in total. The summed E-state index contributed by atoms with van der Waals surface area (Å²) in [6, 6.07) is 0. The number of imidazole rings is 1. The molecule has 1 aromatic heterocycles. The van der Waals surface area contributed by atoms with Crippen LogP contribution in [0, 0.1) is 0 Å². The van der Waals surface area contributed by atoms with E-state index in [1.807, 2.05) is 0 Å². The molecule has 0 radical (unpaired) electrons. The maximum Gasteiger partial charge on any atom is 0.256 e. The van der Waals surface area contributed by atoms with Gasteiger partial charge in [0.25, 0.3) is 5.82 Å². The van der Waals surface area contributed by atoms with E-state index in [9.17, 15) is 0 Å². The van der Waals surface area contributed by atoms with Crippen LogP contribution in [0.5, 0.6) is 0 Å². The molecule has 0 aliphatic carbocycles. The molecule has 0 atom stereocenters. The van der Waals surface area contributed by atoms with Crippen molar-refractivity contribution in [2.24, 2.45) is 0 Å². The van der Waals surface area contributed by atoms with E-state index < -0.39 is 0 Å². The number of unbranched alkanes of at least 4 members (excludes halogenated alkanes) is 25. The zero-order valence-electron chi connectivity index (χ0n) is 27.5. The molecule has 1 rings (SSSR count). The van der Waals surface area contributed by atoms with Gasteiger partial charge in [0.05, 0.1) is 13.1 Å². The minimum atomic E-state index is 1.18. The van der Waals surface area contributed by atoms with Crippen molar-refractivity contribution < 1.29 is 4.57 Å². The van der Waals surface area contributed by atoms with Crippen molar-refractivity contribution in [3.63, 3.8) is 0 Å². The van der Waals surface area contributed by atoms with E-state index in [-0.39, 0.29) is 0 Å². The second-order valence-corrected chi connectivity index (χ2v) is 12.7. The van der Waals surface area contributed by atoms with Crippen molar-refractivity contribution in [1.29, 1.82) is 0 Å². The minimum Gasteiger partial charge on any atom is -0.234 e. The SMILES string of the molecule is CCCCCCCCCCCCCCCCCc1n(CCCCCCCCCCCCCC)cc[n+]1CCC. The Morgan fingerprint density at radius 2 is 0.795 bits per heavy atom. The van der Waals surface area contributed by atoms with Gasteiger partial charge in [-0.3, -0.25) is 0 Å². The molecule has 39 heavy (non-hydrogen) atoms. The highest BCUT2D eigenvalue weighted by Crippen LogP contribution is 2.15. The molecule has 0 aliphatic rings. The van der Waals surface area contributed by atoms with Gasteiger partial charge in [0.2, 0.25) is 0 Å². The van der Waals surface area contributed by atoms with Crippen LogP contribution in [-0.4, -0.2) is 4.57 Å². The maximum absolute atomic E-state index is 2.59. The van der Waals surface area contributed by atoms with Gasteiger partial charge in [0.1, 0.15) is 12.4 Å². The molecular formula is C37H73N2+. The Kier molecular flexibility index (Phi) is 26.7. The highest BCUT2D eigenvalue weighted by molar-refractivity contribution is 4.84. The number of rotatable bonds is 31. The van der Waals surface area contributed by atoms with Crippen LogP contribution >= 0.6 is 0 Å². The van der Waals surface area contributed by atoms with E-state index in [4.69, 9.17) is 0 Å². The minimum absolute atomic E-state index is 1.18. The van der Waals surface area contributed by atoms with Gasteiger partial charge in [-0.15, -0.1) is 0 Å². The van der Waals surface area contributed by atoms with Crippen LogP contribution in [0.1, 0.15) is 206 Å². The van der Waals surface area contributed by atoms with Crippen LogP contribution in [0.15, 0.2) is 12.4 Å². The second-order valence-electron chi connectivity index (χ2n) is 12.7. The Labute approximate surface area is 247 Å². The molecule has 1 aromatic rings. The van der Waals surface area contributed by atoms with Crippen molar-refractivity contribution in [2.45, 2.75) is 220 Å². The first-order valence-electron chi connectivity index (χ1n) is 18.4. The lowest BCUT2D eigenvalue weighted by Crippen LogP contribution is -2.37. The fourth-order valence-electron chi connectivity index (χ4n) is 6.21. The molecule has 1 heterocycles. The zero-order chi connectivity index (χ0) is 28.1. The van der Waals surface area contributed by atoms with E-state index in [1.54, 1.807) is 5.82 Å². The summed E-state index contributed by atoms with van der Waals surface area (Å²) < 4.78 is 5.14. The van der Waals surface area contributed by atoms with Crippen LogP contribution in [0.25, 0.3) is 0 Å². The van der Waals surface area contributed by atoms with E-state index in [2.05, 4.69) is 42.3 Å². The van der Waals surface area contributed by atoms with Crippen molar-refractivity contribution in [3.05, 3.63) is 18.2 Å². The van der Waals surface area contributed by atoms with Crippen LogP contribution in [0.4, 0.5) is 0 Å². The molecule has 2 heteroatoms. The summed E-state index contributed by atoms with van der Waals surface area (Å²) in [7, 11) is 0. The quantitative estimate of drug-likeness (QED) is 0.0648. The molecule has 0 bridgehead atoms. The number of hydrogen-bond donors (Lipinski definition) is 0. The molecule has 0 saturated heterocycles. The van der Waals surface area contributed by atoms with E-state index in [1.165, 1.54) is 199 Å². The van der Waals surface area contributed by atoms with Crippen molar-refractivity contribution in [2.75, 3.05) is 0 Å². The van der Waals surface area contributed by atoms with Crippen LogP contribution in [-0.2, 0) is 19.5 Å². The topological polar surface area (TPSA) is 8.81 Å². The van der Waals surface area contributed by atoms with Crippen LogP contribution in [0.3, 0.4) is 0 Å². The van der Waals surface area contributed by atoms with Gasteiger partial charge in [0.15, 0.2) is 0 Å². The molecule has 0 unspecified atom stereocenters. The lowest BCUT2D eigenvalue weighted by molar-refractivity contribution is -0.703. The molecule has 0 aliphatic heterocycles. The average Bonchev–Trinajstić information content (AvgIpc) is 3.32. The number of nitrogens with zero attached hydrogens (tertiary/aromatic N) is 2. The standard InChI is InChI=1S/C37H73N2/c1-4-7-9-11-13-15-17-19-20-21-22-24-26-28-30-32-37-38(33-6-3)35-36-39(37)34-31-29-27-25-23-18-16-14-12-10-8-5-2/h35-36H,4-34H2,1-3H3/q+1. The third kappa shape index (κ3) is 21.6. The fraction of sp³-hybridized carbons (Fsp3) is 0.919. The van der Waals surface area contributed by atoms with Gasteiger partial charge in [-0.2, -0.15) is 0 Å². The Balaban J connectivity index is 2.05. The number of aryl methyl sites for hydroxylation is 2. The number of aromatic nitrogens is 2. The summed E-state index contributed by atoms with van der Waals surface area (Å²) in [5, 5.41) is 0. The number of hydrogen-bond acceptors (Lipinski definition) is 0. The summed E-state index contributed by atoms with van der Waals surface area (Å²) >= 11 is 0. The summed E-state index contributed by atoms with van der Waals surface area (Å²) in [5.74, 6) is 1.59. The van der Waals surface area contributed by atoms with Gasteiger partial charge in [-0.1, -0.05) is 175 Å². The lowest BCUT2D eigenvalue weighted by atomic mass is 10.0. The third-order valence-electron chi connectivity index (χ3n) is 8.81.